The van der Waals surface area contributed by atoms with Crippen LogP contribution in [-0.2, 0) is 0 Å². The summed E-state index contributed by atoms with van der Waals surface area (Å²) in [5, 5.41) is 12.1. The van der Waals surface area contributed by atoms with Gasteiger partial charge in [-0.2, -0.15) is 0 Å². The number of anilines is 1. The van der Waals surface area contributed by atoms with Gasteiger partial charge in [-0.15, -0.1) is 0 Å². The fourth-order valence-electron chi connectivity index (χ4n) is 4.33. The predicted molar refractivity (Wildman–Crippen MR) is 141 cm³/mol. The lowest BCUT2D eigenvalue weighted by Crippen LogP contribution is -2.34. The van der Waals surface area contributed by atoms with Crippen LogP contribution in [0.2, 0.25) is 0 Å². The van der Waals surface area contributed by atoms with Gasteiger partial charge in [-0.25, -0.2) is 9.78 Å². The Morgan fingerprint density at radius 2 is 1.88 bits per heavy atom. The van der Waals surface area contributed by atoms with Crippen molar-refractivity contribution in [1.29, 1.82) is 0 Å². The van der Waals surface area contributed by atoms with Gasteiger partial charge in [-0.3, -0.25) is 9.89 Å². The molecule has 0 bridgehead atoms. The monoisotopic (exact) mass is 458 g/mol. The van der Waals surface area contributed by atoms with Gasteiger partial charge in [0.15, 0.2) is 0 Å². The third-order valence-corrected chi connectivity index (χ3v) is 6.18. The fourth-order valence-corrected chi connectivity index (χ4v) is 4.33. The maximum Gasteiger partial charge on any atom is 0.335 e. The number of aromatic carboxylic acids is 1. The number of carboxylic acids is 1. The minimum atomic E-state index is -0.878. The van der Waals surface area contributed by atoms with Gasteiger partial charge in [0.25, 0.3) is 0 Å². The first kappa shape index (κ1) is 25.1. The van der Waals surface area contributed by atoms with E-state index in [1.165, 1.54) is 11.1 Å². The van der Waals surface area contributed by atoms with E-state index in [2.05, 4.69) is 39.8 Å². The fraction of sp³-hybridized carbons (Fsp3) is 0.321. The van der Waals surface area contributed by atoms with Gasteiger partial charge in [0.05, 0.1) is 5.56 Å². The maximum absolute atomic E-state index is 11.1. The van der Waals surface area contributed by atoms with Crippen LogP contribution in [0.3, 0.4) is 0 Å². The largest absolute Gasteiger partial charge is 0.478 e. The summed E-state index contributed by atoms with van der Waals surface area (Å²) >= 11 is 0. The Balaban J connectivity index is 1.61. The van der Waals surface area contributed by atoms with Crippen LogP contribution in [0.25, 0.3) is 5.57 Å². The van der Waals surface area contributed by atoms with E-state index in [-0.39, 0.29) is 0 Å². The summed E-state index contributed by atoms with van der Waals surface area (Å²) in [6.45, 7) is 9.40. The third kappa shape index (κ3) is 6.75. The average molecular weight is 459 g/mol. The maximum atomic E-state index is 11.1. The summed E-state index contributed by atoms with van der Waals surface area (Å²) < 4.78 is 0. The van der Waals surface area contributed by atoms with Crippen LogP contribution in [0.1, 0.15) is 47.2 Å². The van der Waals surface area contributed by atoms with Crippen LogP contribution in [0.4, 0.5) is 5.82 Å². The molecule has 0 saturated carbocycles. The number of allylic oxidation sites excluding steroid dienone is 4. The van der Waals surface area contributed by atoms with Crippen molar-refractivity contribution >= 4 is 23.6 Å². The van der Waals surface area contributed by atoms with E-state index >= 15 is 0 Å². The number of carboxylic acid groups (broad SMARTS) is 1. The van der Waals surface area contributed by atoms with Crippen LogP contribution in [0.5, 0.6) is 0 Å². The molecule has 0 amide bonds. The molecule has 178 valence electrons. The first-order valence-electron chi connectivity index (χ1n) is 11.6. The van der Waals surface area contributed by atoms with E-state index in [0.29, 0.717) is 11.5 Å². The Hall–Kier alpha value is -3.51. The topological polar surface area (TPSA) is 77.8 Å². The Morgan fingerprint density at radius 3 is 2.44 bits per heavy atom. The molecular formula is C28H34N4O2. The van der Waals surface area contributed by atoms with Gasteiger partial charge < -0.3 is 10.4 Å². The zero-order valence-electron chi connectivity index (χ0n) is 20.3. The summed E-state index contributed by atoms with van der Waals surface area (Å²) in [6, 6.07) is 11.3. The van der Waals surface area contributed by atoms with Gasteiger partial charge in [-0.05, 0) is 85.8 Å². The standard InChI is InChI=1S/C28H34N4O2/c1-20(17-21(2)26(11-14-29-3)25-9-10-27(30-4)31-18-25)19-32-15-12-23(13-16-32)22-5-7-24(8-6-22)28(33)34/h5-11,14,17-18,23H,2,12-13,15-16,19H2,1,3-4H3,(H,30,31)(H,33,34)/b20-17+,26-11+,29-14?. The van der Waals surface area contributed by atoms with Gasteiger partial charge in [0.2, 0.25) is 0 Å². The van der Waals surface area contributed by atoms with Gasteiger partial charge in [0, 0.05) is 38.6 Å². The second-order valence-corrected chi connectivity index (χ2v) is 8.66. The predicted octanol–water partition coefficient (Wildman–Crippen LogP) is 5.29. The number of pyridine rings is 1. The van der Waals surface area contributed by atoms with Crippen LogP contribution in [0.15, 0.2) is 77.5 Å². The molecule has 2 N–H and O–H groups in total. The molecule has 2 heterocycles. The average Bonchev–Trinajstić information content (AvgIpc) is 2.85. The first-order valence-corrected chi connectivity index (χ1v) is 11.6. The molecule has 0 spiro atoms. The SMILES string of the molecule is C=C(/C=C(\C)CN1CCC(c2ccc(C(=O)O)cc2)CC1)/C(=C\C=NC)c1ccc(NC)nc1. The normalized spacial score (nSPS) is 16.1. The van der Waals surface area contributed by atoms with Gasteiger partial charge >= 0.3 is 5.97 Å². The second-order valence-electron chi connectivity index (χ2n) is 8.66. The van der Waals surface area contributed by atoms with Gasteiger partial charge in [0.1, 0.15) is 5.82 Å². The van der Waals surface area contributed by atoms with Crippen molar-refractivity contribution in [2.24, 2.45) is 4.99 Å². The molecule has 1 aromatic carbocycles. The van der Waals surface area contributed by atoms with Crippen molar-refractivity contribution < 1.29 is 9.90 Å². The van der Waals surface area contributed by atoms with Crippen LogP contribution in [-0.4, -0.2) is 60.9 Å². The number of aromatic nitrogens is 1. The second kappa shape index (κ2) is 12.1. The third-order valence-electron chi connectivity index (χ3n) is 6.18. The molecule has 0 atom stereocenters. The summed E-state index contributed by atoms with van der Waals surface area (Å²) in [4.78, 5) is 22.1. The first-order chi connectivity index (χ1) is 16.4. The molecule has 3 rings (SSSR count). The highest BCUT2D eigenvalue weighted by Gasteiger charge is 2.21. The Bertz CT molecular complexity index is 1070. The molecule has 1 saturated heterocycles. The molecule has 1 aliphatic heterocycles. The van der Waals surface area contributed by atoms with E-state index < -0.39 is 5.97 Å². The van der Waals surface area contributed by atoms with Crippen LogP contribution >= 0.6 is 0 Å². The molecule has 1 aliphatic rings. The Morgan fingerprint density at radius 1 is 1.21 bits per heavy atom. The molecule has 1 fully saturated rings. The van der Waals surface area contributed by atoms with Crippen molar-refractivity contribution in [1.82, 2.24) is 9.88 Å². The lowest BCUT2D eigenvalue weighted by molar-refractivity contribution is 0.0697. The number of benzene rings is 1. The number of nitrogens with zero attached hydrogens (tertiary/aromatic N) is 3. The van der Waals surface area contributed by atoms with Crippen molar-refractivity contribution in [3.63, 3.8) is 0 Å². The molecule has 34 heavy (non-hydrogen) atoms. The molecule has 6 heteroatoms. The molecule has 0 aliphatic carbocycles. The number of piperidine rings is 1. The smallest absolute Gasteiger partial charge is 0.335 e. The molecular weight excluding hydrogens is 424 g/mol. The lowest BCUT2D eigenvalue weighted by atomic mass is 9.89. The number of likely N-dealkylation sites (tertiary alicyclic amines) is 1. The quantitative estimate of drug-likeness (QED) is 0.394. The molecule has 2 aromatic rings. The molecule has 0 unspecified atom stereocenters. The molecule has 0 radical (unpaired) electrons. The van der Waals surface area contributed by atoms with E-state index in [4.69, 9.17) is 5.11 Å². The summed E-state index contributed by atoms with van der Waals surface area (Å²) in [6.07, 6.45) is 9.90. The zero-order valence-corrected chi connectivity index (χ0v) is 20.3. The molecule has 1 aromatic heterocycles. The van der Waals surface area contributed by atoms with E-state index in [1.807, 2.05) is 43.6 Å². The number of nitrogens with one attached hydrogen (secondary N) is 1. The lowest BCUT2D eigenvalue weighted by Gasteiger charge is -2.32. The zero-order chi connectivity index (χ0) is 24.5. The van der Waals surface area contributed by atoms with Crippen molar-refractivity contribution in [2.75, 3.05) is 39.0 Å². The highest BCUT2D eigenvalue weighted by Crippen LogP contribution is 2.29. The van der Waals surface area contributed by atoms with Crippen molar-refractivity contribution in [3.8, 4) is 0 Å². The van der Waals surface area contributed by atoms with Crippen LogP contribution in [0, 0.1) is 0 Å². The highest BCUT2D eigenvalue weighted by atomic mass is 16.4. The van der Waals surface area contributed by atoms with Gasteiger partial charge in [-0.1, -0.05) is 30.4 Å². The van der Waals surface area contributed by atoms with Crippen molar-refractivity contribution in [2.45, 2.75) is 25.7 Å². The Labute approximate surface area is 202 Å². The Kier molecular flexibility index (Phi) is 8.93. The highest BCUT2D eigenvalue weighted by molar-refractivity contribution is 5.92. The van der Waals surface area contributed by atoms with Crippen LogP contribution < -0.4 is 5.32 Å². The van der Waals surface area contributed by atoms with Crippen molar-refractivity contribution in [3.05, 3.63) is 89.2 Å². The summed E-state index contributed by atoms with van der Waals surface area (Å²) in [5.74, 6) is 0.427. The van der Waals surface area contributed by atoms with E-state index in [1.54, 1.807) is 25.4 Å². The minimum absolute atomic E-state index is 0.342. The number of carbonyl (C=O) groups is 1. The number of hydrogen-bond acceptors (Lipinski definition) is 5. The molecule has 6 nitrogen and oxygen atoms in total. The minimum Gasteiger partial charge on any atom is -0.478 e. The van der Waals surface area contributed by atoms with E-state index in [9.17, 15) is 4.79 Å². The number of aliphatic imine (C=N–C) groups is 1. The number of rotatable bonds is 9. The summed E-state index contributed by atoms with van der Waals surface area (Å²) in [5.41, 5.74) is 5.77. The summed E-state index contributed by atoms with van der Waals surface area (Å²) in [7, 11) is 3.61. The van der Waals surface area contributed by atoms with E-state index in [0.717, 1.165) is 55.0 Å². The number of hydrogen-bond donors (Lipinski definition) is 2.